The number of amides is 1. The van der Waals surface area contributed by atoms with Gasteiger partial charge in [0, 0.05) is 24.3 Å². The lowest BCUT2D eigenvalue weighted by atomic mass is 10.2. The lowest BCUT2D eigenvalue weighted by molar-refractivity contribution is 0.0793. The second-order valence-corrected chi connectivity index (χ2v) is 7.26. The first-order valence-corrected chi connectivity index (χ1v) is 8.48. The van der Waals surface area contributed by atoms with Crippen molar-refractivity contribution in [1.29, 1.82) is 0 Å². The number of hydrogen-bond acceptors (Lipinski definition) is 3. The summed E-state index contributed by atoms with van der Waals surface area (Å²) in [6, 6.07) is 1.74. The van der Waals surface area contributed by atoms with Crippen LogP contribution >= 0.6 is 26.6 Å². The Morgan fingerprint density at radius 1 is 1.47 bits per heavy atom. The summed E-state index contributed by atoms with van der Waals surface area (Å²) < 4.78 is 36.0. The maximum atomic E-state index is 13.4. The van der Waals surface area contributed by atoms with Crippen molar-refractivity contribution in [3.63, 3.8) is 0 Å². The zero-order valence-electron chi connectivity index (χ0n) is 10.3. The van der Waals surface area contributed by atoms with Gasteiger partial charge in [-0.3, -0.25) is 4.79 Å². The van der Waals surface area contributed by atoms with Crippen LogP contribution in [0.3, 0.4) is 0 Å². The molecular formula is C11H12BrClFNO3S. The van der Waals surface area contributed by atoms with E-state index in [0.29, 0.717) is 6.54 Å². The second-order valence-electron chi connectivity index (χ2n) is 3.93. The molecule has 0 aliphatic carbocycles. The molecule has 0 fully saturated rings. The van der Waals surface area contributed by atoms with E-state index in [0.717, 1.165) is 18.6 Å². The van der Waals surface area contributed by atoms with Crippen LogP contribution < -0.4 is 0 Å². The van der Waals surface area contributed by atoms with Crippen molar-refractivity contribution in [2.45, 2.75) is 18.2 Å². The van der Waals surface area contributed by atoms with E-state index in [-0.39, 0.29) is 10.0 Å². The third-order valence-corrected chi connectivity index (χ3v) is 4.87. The molecule has 0 radical (unpaired) electrons. The maximum Gasteiger partial charge on any atom is 0.262 e. The number of hydrogen-bond donors (Lipinski definition) is 0. The summed E-state index contributed by atoms with van der Waals surface area (Å²) in [5.74, 6) is -1.31. The first-order chi connectivity index (χ1) is 8.68. The summed E-state index contributed by atoms with van der Waals surface area (Å²) in [4.78, 5) is 13.0. The van der Waals surface area contributed by atoms with Gasteiger partial charge in [-0.1, -0.05) is 6.92 Å². The molecule has 0 N–H and O–H groups in total. The predicted octanol–water partition coefficient (Wildman–Crippen LogP) is 3.00. The van der Waals surface area contributed by atoms with Crippen molar-refractivity contribution < 1.29 is 17.6 Å². The summed E-state index contributed by atoms with van der Waals surface area (Å²) in [5, 5.41) is 0. The zero-order chi connectivity index (χ0) is 14.8. The minimum absolute atomic E-state index is 0.0307. The number of carbonyl (C=O) groups excluding carboxylic acids is 1. The maximum absolute atomic E-state index is 13.4. The van der Waals surface area contributed by atoms with Crippen molar-refractivity contribution in [2.75, 3.05) is 13.6 Å². The molecular weight excluding hydrogens is 361 g/mol. The number of carbonyl (C=O) groups is 1. The Morgan fingerprint density at radius 2 is 2.05 bits per heavy atom. The topological polar surface area (TPSA) is 54.5 Å². The molecule has 0 aromatic heterocycles. The molecule has 0 atom stereocenters. The highest BCUT2D eigenvalue weighted by atomic mass is 79.9. The van der Waals surface area contributed by atoms with Gasteiger partial charge >= 0.3 is 0 Å². The second kappa shape index (κ2) is 6.19. The Hall–Kier alpha value is -0.660. The summed E-state index contributed by atoms with van der Waals surface area (Å²) in [7, 11) is 2.62. The van der Waals surface area contributed by atoms with Gasteiger partial charge in [-0.25, -0.2) is 12.8 Å². The minimum Gasteiger partial charge on any atom is -0.342 e. The Kier molecular flexibility index (Phi) is 5.34. The van der Waals surface area contributed by atoms with E-state index in [1.807, 2.05) is 6.92 Å². The molecule has 0 saturated carbocycles. The van der Waals surface area contributed by atoms with Gasteiger partial charge in [0.25, 0.3) is 15.0 Å². The normalized spacial score (nSPS) is 11.4. The molecule has 0 saturated heterocycles. The predicted molar refractivity (Wildman–Crippen MR) is 74.4 cm³/mol. The van der Waals surface area contributed by atoms with Crippen LogP contribution in [0.4, 0.5) is 4.39 Å². The molecule has 0 heterocycles. The lowest BCUT2D eigenvalue weighted by Gasteiger charge is -2.17. The molecule has 0 bridgehead atoms. The van der Waals surface area contributed by atoms with E-state index >= 15 is 0 Å². The number of halogens is 3. The van der Waals surface area contributed by atoms with Crippen molar-refractivity contribution in [3.05, 3.63) is 28.0 Å². The minimum atomic E-state index is -4.14. The smallest absolute Gasteiger partial charge is 0.262 e. The van der Waals surface area contributed by atoms with Gasteiger partial charge in [-0.2, -0.15) is 0 Å². The van der Waals surface area contributed by atoms with Crippen LogP contribution in [0, 0.1) is 5.82 Å². The summed E-state index contributed by atoms with van der Waals surface area (Å²) in [6.45, 7) is 2.36. The van der Waals surface area contributed by atoms with Crippen LogP contribution in [0.15, 0.2) is 21.5 Å². The third-order valence-electron chi connectivity index (χ3n) is 2.40. The highest BCUT2D eigenvalue weighted by molar-refractivity contribution is 9.10. The quantitative estimate of drug-likeness (QED) is 0.764. The number of benzene rings is 1. The van der Waals surface area contributed by atoms with Crippen LogP contribution in [0.1, 0.15) is 23.7 Å². The summed E-state index contributed by atoms with van der Waals surface area (Å²) in [5.41, 5.74) is -0.0739. The van der Waals surface area contributed by atoms with Gasteiger partial charge < -0.3 is 4.90 Å². The molecule has 106 valence electrons. The molecule has 1 rings (SSSR count). The largest absolute Gasteiger partial charge is 0.342 e. The molecule has 8 heteroatoms. The van der Waals surface area contributed by atoms with Crippen LogP contribution in [-0.4, -0.2) is 32.8 Å². The average Bonchev–Trinajstić information content (AvgIpc) is 2.29. The summed E-state index contributed by atoms with van der Waals surface area (Å²) >= 11 is 2.99. The molecule has 1 amide bonds. The van der Waals surface area contributed by atoms with Crippen LogP contribution in [0.2, 0.25) is 0 Å². The molecule has 0 aliphatic heterocycles. The lowest BCUT2D eigenvalue weighted by Crippen LogP contribution is -2.28. The Balaban J connectivity index is 3.38. The zero-order valence-corrected chi connectivity index (χ0v) is 13.4. The van der Waals surface area contributed by atoms with E-state index in [1.54, 1.807) is 7.05 Å². The Bertz CT molecular complexity index is 606. The van der Waals surface area contributed by atoms with Crippen molar-refractivity contribution in [2.24, 2.45) is 0 Å². The van der Waals surface area contributed by atoms with Crippen LogP contribution in [0.25, 0.3) is 0 Å². The van der Waals surface area contributed by atoms with Gasteiger partial charge in [-0.05, 0) is 34.5 Å². The molecule has 1 aromatic rings. The molecule has 4 nitrogen and oxygen atoms in total. The molecule has 0 unspecified atom stereocenters. The monoisotopic (exact) mass is 371 g/mol. The fourth-order valence-corrected chi connectivity index (χ4v) is 3.80. The first kappa shape index (κ1) is 16.4. The van der Waals surface area contributed by atoms with Crippen molar-refractivity contribution in [1.82, 2.24) is 4.90 Å². The van der Waals surface area contributed by atoms with Crippen molar-refractivity contribution in [3.8, 4) is 0 Å². The van der Waals surface area contributed by atoms with Crippen LogP contribution in [0.5, 0.6) is 0 Å². The molecule has 0 aliphatic rings. The highest BCUT2D eigenvalue weighted by Crippen LogP contribution is 2.30. The Morgan fingerprint density at radius 3 is 2.53 bits per heavy atom. The molecule has 19 heavy (non-hydrogen) atoms. The van der Waals surface area contributed by atoms with Gasteiger partial charge in [0.15, 0.2) is 0 Å². The van der Waals surface area contributed by atoms with E-state index in [1.165, 1.54) is 4.90 Å². The summed E-state index contributed by atoms with van der Waals surface area (Å²) in [6.07, 6.45) is 0.732. The van der Waals surface area contributed by atoms with E-state index in [2.05, 4.69) is 15.9 Å². The van der Waals surface area contributed by atoms with Gasteiger partial charge in [-0.15, -0.1) is 0 Å². The fourth-order valence-electron chi connectivity index (χ4n) is 1.54. The SMILES string of the molecule is CCCN(C)C(=O)c1cc(F)cc(S(=O)(=O)Cl)c1Br. The van der Waals surface area contributed by atoms with E-state index < -0.39 is 25.7 Å². The molecule has 0 spiro atoms. The highest BCUT2D eigenvalue weighted by Gasteiger charge is 2.23. The Labute approximate surface area is 124 Å². The van der Waals surface area contributed by atoms with Gasteiger partial charge in [0.1, 0.15) is 10.7 Å². The van der Waals surface area contributed by atoms with Gasteiger partial charge in [0.2, 0.25) is 0 Å². The third kappa shape index (κ3) is 3.90. The number of nitrogens with zero attached hydrogens (tertiary/aromatic N) is 1. The van der Waals surface area contributed by atoms with Crippen molar-refractivity contribution >= 4 is 41.6 Å². The van der Waals surface area contributed by atoms with E-state index in [9.17, 15) is 17.6 Å². The average molecular weight is 373 g/mol. The van der Waals surface area contributed by atoms with Gasteiger partial charge in [0.05, 0.1) is 10.0 Å². The fraction of sp³-hybridized carbons (Fsp3) is 0.364. The van der Waals surface area contributed by atoms with E-state index in [4.69, 9.17) is 10.7 Å². The molecule has 1 aromatic carbocycles. The van der Waals surface area contributed by atoms with Crippen LogP contribution in [-0.2, 0) is 9.05 Å². The number of rotatable bonds is 4. The first-order valence-electron chi connectivity index (χ1n) is 5.37. The standard InChI is InChI=1S/C11H12BrClFNO3S/c1-3-4-15(2)11(16)8-5-7(14)6-9(10(8)12)19(13,17)18/h5-6H,3-4H2,1-2H3.